The largest absolute Gasteiger partial charge is 0.493 e. The van der Waals surface area contributed by atoms with Crippen LogP contribution in [-0.4, -0.2) is 17.0 Å². The summed E-state index contributed by atoms with van der Waals surface area (Å²) in [4.78, 5) is 14.4. The molecule has 0 amide bonds. The van der Waals surface area contributed by atoms with E-state index in [1.54, 1.807) is 6.20 Å². The summed E-state index contributed by atoms with van der Waals surface area (Å²) in [5.74, 6) is 0.749. The van der Waals surface area contributed by atoms with E-state index in [4.69, 9.17) is 9.47 Å². The number of pyridine rings is 1. The predicted octanol–water partition coefficient (Wildman–Crippen LogP) is 3.34. The quantitative estimate of drug-likeness (QED) is 0.617. The fourth-order valence-electron chi connectivity index (χ4n) is 1.53. The van der Waals surface area contributed by atoms with Crippen LogP contribution < -0.4 is 9.47 Å². The van der Waals surface area contributed by atoms with Crippen LogP contribution in [0.2, 0.25) is 0 Å². The van der Waals surface area contributed by atoms with Gasteiger partial charge in [-0.25, -0.2) is 0 Å². The number of halogens is 1. The molecule has 104 valence electrons. The highest BCUT2D eigenvalue weighted by molar-refractivity contribution is 9.10. The highest BCUT2D eigenvalue weighted by atomic mass is 79.9. The summed E-state index contributed by atoms with van der Waals surface area (Å²) in [7, 11) is 1.43. The summed E-state index contributed by atoms with van der Waals surface area (Å²) in [5, 5.41) is 10.7. The van der Waals surface area contributed by atoms with Gasteiger partial charge in [-0.05, 0) is 34.1 Å². The van der Waals surface area contributed by atoms with Gasteiger partial charge in [0.1, 0.15) is 6.61 Å². The molecule has 0 bridgehead atoms. The second kappa shape index (κ2) is 6.33. The molecule has 7 heteroatoms. The number of nitro groups is 1. The second-order valence-electron chi connectivity index (χ2n) is 3.85. The predicted molar refractivity (Wildman–Crippen MR) is 75.9 cm³/mol. The van der Waals surface area contributed by atoms with Gasteiger partial charge in [0.15, 0.2) is 11.5 Å². The highest BCUT2D eigenvalue weighted by Crippen LogP contribution is 2.31. The number of benzene rings is 1. The van der Waals surface area contributed by atoms with Crippen molar-refractivity contribution < 1.29 is 14.4 Å². The lowest BCUT2D eigenvalue weighted by Crippen LogP contribution is -2.00. The first-order valence-electron chi connectivity index (χ1n) is 5.66. The molecule has 2 aromatic rings. The van der Waals surface area contributed by atoms with E-state index in [-0.39, 0.29) is 12.3 Å². The molecule has 0 aliphatic carbocycles. The molecule has 0 saturated carbocycles. The molecule has 2 rings (SSSR count). The Hall–Kier alpha value is -2.15. The van der Waals surface area contributed by atoms with Gasteiger partial charge in [-0.2, -0.15) is 0 Å². The number of nitro benzene ring substituents is 1. The lowest BCUT2D eigenvalue weighted by Gasteiger charge is -2.10. The van der Waals surface area contributed by atoms with E-state index >= 15 is 0 Å². The first-order chi connectivity index (χ1) is 9.60. The van der Waals surface area contributed by atoms with E-state index in [2.05, 4.69) is 20.9 Å². The van der Waals surface area contributed by atoms with Gasteiger partial charge in [0.2, 0.25) is 0 Å². The maximum absolute atomic E-state index is 10.7. The van der Waals surface area contributed by atoms with Crippen molar-refractivity contribution in [2.75, 3.05) is 7.11 Å². The van der Waals surface area contributed by atoms with Gasteiger partial charge < -0.3 is 9.47 Å². The van der Waals surface area contributed by atoms with Crippen LogP contribution in [0.4, 0.5) is 5.69 Å². The van der Waals surface area contributed by atoms with Crippen molar-refractivity contribution in [2.24, 2.45) is 0 Å². The number of rotatable bonds is 5. The zero-order valence-corrected chi connectivity index (χ0v) is 12.2. The molecule has 0 atom stereocenters. The van der Waals surface area contributed by atoms with Crippen molar-refractivity contribution in [3.8, 4) is 11.5 Å². The fourth-order valence-corrected chi connectivity index (χ4v) is 1.77. The van der Waals surface area contributed by atoms with Crippen molar-refractivity contribution >= 4 is 21.6 Å². The Bertz CT molecular complexity index is 616. The minimum atomic E-state index is -0.484. The molecule has 0 spiro atoms. The van der Waals surface area contributed by atoms with Crippen LogP contribution in [0.5, 0.6) is 11.5 Å². The summed E-state index contributed by atoms with van der Waals surface area (Å²) in [6, 6.07) is 7.88. The summed E-state index contributed by atoms with van der Waals surface area (Å²) in [5.41, 5.74) is 0.699. The Morgan fingerprint density at radius 3 is 2.70 bits per heavy atom. The van der Waals surface area contributed by atoms with Crippen LogP contribution in [0.25, 0.3) is 0 Å². The molecular formula is C13H11BrN2O4. The topological polar surface area (TPSA) is 74.5 Å². The van der Waals surface area contributed by atoms with Crippen LogP contribution in [-0.2, 0) is 6.61 Å². The third-order valence-electron chi connectivity index (χ3n) is 2.52. The van der Waals surface area contributed by atoms with Crippen LogP contribution in [0.3, 0.4) is 0 Å². The molecule has 1 aromatic heterocycles. The number of hydrogen-bond donors (Lipinski definition) is 0. The monoisotopic (exact) mass is 338 g/mol. The normalized spacial score (nSPS) is 10.1. The maximum atomic E-state index is 10.7. The van der Waals surface area contributed by atoms with E-state index in [0.717, 1.165) is 10.2 Å². The van der Waals surface area contributed by atoms with Crippen LogP contribution in [0.1, 0.15) is 5.69 Å². The van der Waals surface area contributed by atoms with Gasteiger partial charge in [-0.3, -0.25) is 15.1 Å². The van der Waals surface area contributed by atoms with Crippen LogP contribution in [0.15, 0.2) is 41.0 Å². The van der Waals surface area contributed by atoms with Crippen molar-refractivity contribution in [1.82, 2.24) is 4.98 Å². The summed E-state index contributed by atoms with van der Waals surface area (Å²) in [6.45, 7) is 0.251. The highest BCUT2D eigenvalue weighted by Gasteiger charge is 2.12. The van der Waals surface area contributed by atoms with E-state index in [0.29, 0.717) is 11.5 Å². The third-order valence-corrected chi connectivity index (χ3v) is 2.99. The van der Waals surface area contributed by atoms with E-state index in [9.17, 15) is 10.1 Å². The van der Waals surface area contributed by atoms with Gasteiger partial charge in [0.05, 0.1) is 23.8 Å². The summed E-state index contributed by atoms with van der Waals surface area (Å²) >= 11 is 3.30. The first kappa shape index (κ1) is 14.3. The Morgan fingerprint density at radius 2 is 2.10 bits per heavy atom. The van der Waals surface area contributed by atoms with Crippen molar-refractivity contribution in [3.05, 3.63) is 56.8 Å². The Kier molecular flexibility index (Phi) is 4.52. The lowest BCUT2D eigenvalue weighted by molar-refractivity contribution is -0.385. The Labute approximate surface area is 123 Å². The summed E-state index contributed by atoms with van der Waals surface area (Å²) in [6.07, 6.45) is 1.67. The molecule has 0 unspecified atom stereocenters. The third kappa shape index (κ3) is 3.45. The number of ether oxygens (including phenoxy) is 2. The molecule has 0 saturated heterocycles. The number of aromatic nitrogens is 1. The molecule has 0 fully saturated rings. The van der Waals surface area contributed by atoms with Crippen molar-refractivity contribution in [3.63, 3.8) is 0 Å². The van der Waals surface area contributed by atoms with Gasteiger partial charge in [0.25, 0.3) is 5.69 Å². The van der Waals surface area contributed by atoms with Crippen LogP contribution >= 0.6 is 15.9 Å². The number of non-ortho nitro benzene ring substituents is 1. The fraction of sp³-hybridized carbons (Fsp3) is 0.154. The SMILES string of the molecule is COc1cc([N+](=O)[O-])ccc1OCc1ccc(Br)cn1. The molecule has 1 aromatic carbocycles. The molecule has 1 heterocycles. The molecule has 0 N–H and O–H groups in total. The number of nitrogens with zero attached hydrogens (tertiary/aromatic N) is 2. The first-order valence-corrected chi connectivity index (χ1v) is 6.45. The summed E-state index contributed by atoms with van der Waals surface area (Å²) < 4.78 is 11.5. The van der Waals surface area contributed by atoms with Gasteiger partial charge in [-0.15, -0.1) is 0 Å². The smallest absolute Gasteiger partial charge is 0.273 e. The molecule has 0 aliphatic heterocycles. The van der Waals surface area contributed by atoms with Gasteiger partial charge in [-0.1, -0.05) is 0 Å². The number of hydrogen-bond acceptors (Lipinski definition) is 5. The second-order valence-corrected chi connectivity index (χ2v) is 4.76. The Morgan fingerprint density at radius 1 is 1.30 bits per heavy atom. The van der Waals surface area contributed by atoms with E-state index in [1.165, 1.54) is 25.3 Å². The van der Waals surface area contributed by atoms with Gasteiger partial charge in [0, 0.05) is 16.7 Å². The lowest BCUT2D eigenvalue weighted by atomic mass is 10.3. The van der Waals surface area contributed by atoms with Crippen LogP contribution in [0, 0.1) is 10.1 Å². The van der Waals surface area contributed by atoms with Crippen molar-refractivity contribution in [2.45, 2.75) is 6.61 Å². The molecule has 0 aliphatic rings. The minimum absolute atomic E-state index is 0.0454. The average Bonchev–Trinajstić information content (AvgIpc) is 2.46. The Balaban J connectivity index is 2.12. The standard InChI is InChI=1S/C13H11BrN2O4/c1-19-13-6-11(16(17)18)4-5-12(13)20-8-10-3-2-9(14)7-15-10/h2-7H,8H2,1H3. The van der Waals surface area contributed by atoms with E-state index in [1.807, 2.05) is 12.1 Å². The molecule has 20 heavy (non-hydrogen) atoms. The number of methoxy groups -OCH3 is 1. The molecule has 6 nitrogen and oxygen atoms in total. The van der Waals surface area contributed by atoms with Crippen molar-refractivity contribution in [1.29, 1.82) is 0 Å². The zero-order valence-electron chi connectivity index (χ0n) is 10.6. The average molecular weight is 339 g/mol. The zero-order chi connectivity index (χ0) is 14.5. The van der Waals surface area contributed by atoms with Gasteiger partial charge >= 0.3 is 0 Å². The minimum Gasteiger partial charge on any atom is -0.493 e. The molecular weight excluding hydrogens is 328 g/mol. The van der Waals surface area contributed by atoms with E-state index < -0.39 is 4.92 Å². The molecule has 0 radical (unpaired) electrons. The maximum Gasteiger partial charge on any atom is 0.273 e.